The smallest absolute Gasteiger partial charge is 0.414 e. The lowest BCUT2D eigenvalue weighted by atomic mass is 9.85. The highest BCUT2D eigenvalue weighted by Crippen LogP contribution is 2.45. The van der Waals surface area contributed by atoms with Gasteiger partial charge >= 0.3 is 6.09 Å². The number of ether oxygens (including phenoxy) is 1. The van der Waals surface area contributed by atoms with E-state index in [0.717, 1.165) is 4.90 Å². The van der Waals surface area contributed by atoms with Crippen molar-refractivity contribution in [2.45, 2.75) is 42.5 Å². The van der Waals surface area contributed by atoms with Crippen LogP contribution in [-0.2, 0) is 14.3 Å². The first-order chi connectivity index (χ1) is 17.0. The molecule has 0 saturated carbocycles. The molecule has 4 aliphatic rings. The highest BCUT2D eigenvalue weighted by Gasteiger charge is 2.74. The lowest BCUT2D eigenvalue weighted by Crippen LogP contribution is -2.77. The molecule has 0 bridgehead atoms. The second-order valence-corrected chi connectivity index (χ2v) is 8.85. The quantitative estimate of drug-likeness (QED) is 0.178. The number of nitrogens with one attached hydrogen (secondary N) is 2. The number of guanidine groups is 2. The number of hydrogen-bond acceptors (Lipinski definition) is 13. The molecule has 4 atom stereocenters. The Balaban J connectivity index is 1.39. The van der Waals surface area contributed by atoms with Gasteiger partial charge in [-0.05, 0) is 12.1 Å². The van der Waals surface area contributed by atoms with E-state index in [1.807, 2.05) is 5.32 Å². The summed E-state index contributed by atoms with van der Waals surface area (Å²) in [5, 5.41) is 27.4. The molecular formula is C21H24N8O7. The summed E-state index contributed by atoms with van der Waals surface area (Å²) in [6.45, 7) is -0.541. The van der Waals surface area contributed by atoms with Crippen LogP contribution < -0.4 is 22.1 Å². The van der Waals surface area contributed by atoms with E-state index in [4.69, 9.17) is 16.2 Å². The van der Waals surface area contributed by atoms with Crippen LogP contribution in [0.4, 0.5) is 4.79 Å². The van der Waals surface area contributed by atoms with Gasteiger partial charge in [-0.3, -0.25) is 24.6 Å². The van der Waals surface area contributed by atoms with E-state index in [-0.39, 0.29) is 55.2 Å². The largest absolute Gasteiger partial charge is 0.438 e. The molecule has 0 aliphatic carbocycles. The number of hydrogen-bond donors (Lipinski definition) is 6. The van der Waals surface area contributed by atoms with E-state index in [1.165, 1.54) is 17.0 Å². The number of nitrogens with two attached hydrogens (primary N) is 2. The third kappa shape index (κ3) is 3.43. The first-order valence-electron chi connectivity index (χ1n) is 11.1. The molecule has 5 rings (SSSR count). The SMILES string of the molecule is NC1=N[C@H]2[C@H](CN3C(=O)CCC3=O)N=C(N)N3C[C@H](OC(=O)NC(=O)c4ccccc4)C(O)(O)[C@]23N1. The monoisotopic (exact) mass is 500 g/mol. The van der Waals surface area contributed by atoms with Gasteiger partial charge in [-0.25, -0.2) is 14.8 Å². The number of likely N-dealkylation sites (tertiary alicyclic amines) is 1. The predicted molar refractivity (Wildman–Crippen MR) is 121 cm³/mol. The third-order valence-electron chi connectivity index (χ3n) is 6.77. The molecule has 36 heavy (non-hydrogen) atoms. The Morgan fingerprint density at radius 3 is 2.47 bits per heavy atom. The van der Waals surface area contributed by atoms with Crippen molar-refractivity contribution in [1.82, 2.24) is 20.4 Å². The van der Waals surface area contributed by atoms with Gasteiger partial charge in [0.2, 0.25) is 17.6 Å². The minimum absolute atomic E-state index is 0.0625. The normalized spacial score (nSPS) is 30.2. The highest BCUT2D eigenvalue weighted by atomic mass is 16.6. The molecule has 1 spiro atoms. The predicted octanol–water partition coefficient (Wildman–Crippen LogP) is -3.25. The summed E-state index contributed by atoms with van der Waals surface area (Å²) < 4.78 is 5.23. The van der Waals surface area contributed by atoms with E-state index in [1.54, 1.807) is 18.2 Å². The molecule has 4 amide bonds. The first kappa shape index (κ1) is 23.5. The molecule has 1 aromatic carbocycles. The zero-order valence-corrected chi connectivity index (χ0v) is 18.8. The van der Waals surface area contributed by atoms with Crippen LogP contribution in [-0.4, -0.2) is 98.5 Å². The maximum absolute atomic E-state index is 12.5. The number of amides is 4. The van der Waals surface area contributed by atoms with E-state index < -0.39 is 41.6 Å². The Morgan fingerprint density at radius 1 is 1.14 bits per heavy atom. The van der Waals surface area contributed by atoms with Crippen molar-refractivity contribution in [3.8, 4) is 0 Å². The topological polar surface area (TPSA) is 225 Å². The average molecular weight is 500 g/mol. The third-order valence-corrected chi connectivity index (χ3v) is 6.77. The summed E-state index contributed by atoms with van der Waals surface area (Å²) >= 11 is 0. The van der Waals surface area contributed by atoms with Crippen molar-refractivity contribution in [1.29, 1.82) is 0 Å². The Labute approximate surface area is 203 Å². The number of alkyl carbamates (subject to hydrolysis) is 1. The lowest BCUT2D eigenvalue weighted by Gasteiger charge is -2.48. The minimum Gasteiger partial charge on any atom is -0.438 e. The van der Waals surface area contributed by atoms with Gasteiger partial charge in [0, 0.05) is 18.4 Å². The number of aliphatic hydroxyl groups is 2. The molecule has 0 radical (unpaired) electrons. The molecule has 4 aliphatic heterocycles. The molecule has 0 unspecified atom stereocenters. The number of rotatable bonds is 4. The molecule has 2 fully saturated rings. The fourth-order valence-corrected chi connectivity index (χ4v) is 5.10. The Kier molecular flexibility index (Phi) is 5.33. The van der Waals surface area contributed by atoms with Gasteiger partial charge in [-0.2, -0.15) is 0 Å². The van der Waals surface area contributed by atoms with Gasteiger partial charge in [-0.15, -0.1) is 0 Å². The molecule has 2 saturated heterocycles. The van der Waals surface area contributed by atoms with Crippen molar-refractivity contribution < 1.29 is 34.1 Å². The van der Waals surface area contributed by atoms with E-state index in [0.29, 0.717) is 0 Å². The number of aliphatic imine (C=N–C) groups is 2. The van der Waals surface area contributed by atoms with Crippen LogP contribution in [0.15, 0.2) is 40.3 Å². The van der Waals surface area contributed by atoms with Gasteiger partial charge in [0.25, 0.3) is 5.91 Å². The van der Waals surface area contributed by atoms with E-state index in [2.05, 4.69) is 15.3 Å². The van der Waals surface area contributed by atoms with Crippen LogP contribution in [0.5, 0.6) is 0 Å². The summed E-state index contributed by atoms with van der Waals surface area (Å²) in [6, 6.07) is 5.80. The molecule has 8 N–H and O–H groups in total. The van der Waals surface area contributed by atoms with Crippen LogP contribution in [0, 0.1) is 0 Å². The molecule has 190 valence electrons. The van der Waals surface area contributed by atoms with Gasteiger partial charge in [-0.1, -0.05) is 18.2 Å². The first-order valence-corrected chi connectivity index (χ1v) is 11.1. The van der Waals surface area contributed by atoms with Crippen LogP contribution >= 0.6 is 0 Å². The summed E-state index contributed by atoms with van der Waals surface area (Å²) in [7, 11) is 0. The van der Waals surface area contributed by atoms with Gasteiger partial charge in [0.1, 0.15) is 6.04 Å². The highest BCUT2D eigenvalue weighted by molar-refractivity contribution is 6.03. The van der Waals surface area contributed by atoms with Crippen LogP contribution in [0.25, 0.3) is 0 Å². The average Bonchev–Trinajstić information content (AvgIpc) is 3.42. The Bertz CT molecular complexity index is 1190. The lowest BCUT2D eigenvalue weighted by molar-refractivity contribution is -0.256. The number of carbonyl (C=O) groups is 4. The van der Waals surface area contributed by atoms with Gasteiger partial charge < -0.3 is 36.6 Å². The van der Waals surface area contributed by atoms with Gasteiger partial charge in [0.15, 0.2) is 23.7 Å². The van der Waals surface area contributed by atoms with Crippen LogP contribution in [0.2, 0.25) is 0 Å². The number of carbonyl (C=O) groups excluding carboxylic acids is 4. The maximum Gasteiger partial charge on any atom is 0.414 e. The fourth-order valence-electron chi connectivity index (χ4n) is 5.10. The van der Waals surface area contributed by atoms with Gasteiger partial charge in [0.05, 0.1) is 19.1 Å². The second-order valence-electron chi connectivity index (χ2n) is 8.85. The number of imide groups is 2. The van der Waals surface area contributed by atoms with Crippen LogP contribution in [0.3, 0.4) is 0 Å². The number of benzene rings is 1. The molecular weight excluding hydrogens is 476 g/mol. The summed E-state index contributed by atoms with van der Waals surface area (Å²) in [6.07, 6.45) is -2.72. The van der Waals surface area contributed by atoms with Crippen LogP contribution in [0.1, 0.15) is 23.2 Å². The van der Waals surface area contributed by atoms with E-state index >= 15 is 0 Å². The zero-order valence-electron chi connectivity index (χ0n) is 18.8. The standard InChI is InChI=1S/C21H24N8O7/c22-17-25-15-11(8-28-13(30)6-7-14(28)31)24-18(23)29-9-12(21(34,35)20(15,29)27-17)36-19(33)26-16(32)10-4-2-1-3-5-10/h1-5,11-12,15,34-35H,6-9H2,(H2,23,24)(H3,22,25,27)(H,26,32,33)/t11-,12-,15-,20-/m0/s1. The zero-order chi connectivity index (χ0) is 25.8. The molecule has 1 aromatic rings. The summed E-state index contributed by atoms with van der Waals surface area (Å²) in [5.41, 5.74) is 10.3. The maximum atomic E-state index is 12.5. The van der Waals surface area contributed by atoms with Crippen molar-refractivity contribution in [3.63, 3.8) is 0 Å². The Hall–Kier alpha value is -4.24. The van der Waals surface area contributed by atoms with Crippen molar-refractivity contribution in [3.05, 3.63) is 35.9 Å². The Morgan fingerprint density at radius 2 is 1.81 bits per heavy atom. The molecule has 15 heteroatoms. The van der Waals surface area contributed by atoms with Crippen molar-refractivity contribution >= 4 is 35.7 Å². The summed E-state index contributed by atoms with van der Waals surface area (Å²) in [4.78, 5) is 59.9. The fraction of sp³-hybridized carbons (Fsp3) is 0.429. The molecule has 0 aromatic heterocycles. The second kappa shape index (κ2) is 8.17. The minimum atomic E-state index is -2.84. The van der Waals surface area contributed by atoms with Crippen molar-refractivity contribution in [2.75, 3.05) is 13.1 Å². The molecule has 4 heterocycles. The van der Waals surface area contributed by atoms with E-state index in [9.17, 15) is 29.4 Å². The number of nitrogens with zero attached hydrogens (tertiary/aromatic N) is 4. The molecule has 15 nitrogen and oxygen atoms in total. The van der Waals surface area contributed by atoms with Crippen molar-refractivity contribution in [2.24, 2.45) is 21.5 Å². The summed E-state index contributed by atoms with van der Waals surface area (Å²) in [5.74, 6) is -4.71.